The molecular weight excluding hydrogens is 518 g/mol. The largest absolute Gasteiger partial charge is 0.489 e. The molecule has 2 saturated heterocycles. The molecule has 2 aliphatic heterocycles. The lowest BCUT2D eigenvalue weighted by Crippen LogP contribution is -2.50. The van der Waals surface area contributed by atoms with Crippen molar-refractivity contribution in [2.45, 2.75) is 45.8 Å². The first-order chi connectivity index (χ1) is 18.6. The summed E-state index contributed by atoms with van der Waals surface area (Å²) >= 11 is 1.53. The average molecular weight is 554 g/mol. The minimum absolute atomic E-state index is 0.0646. The van der Waals surface area contributed by atoms with Gasteiger partial charge in [-0.3, -0.25) is 4.79 Å². The molecule has 0 aliphatic carbocycles. The van der Waals surface area contributed by atoms with Crippen molar-refractivity contribution in [2.24, 2.45) is 5.92 Å². The monoisotopic (exact) mass is 553 g/mol. The van der Waals surface area contributed by atoms with Gasteiger partial charge in [-0.05, 0) is 52.0 Å². The Morgan fingerprint density at radius 3 is 2.62 bits per heavy atom. The number of fused-ring (bicyclic) bond motifs is 1. The molecule has 0 radical (unpaired) electrons. The minimum Gasteiger partial charge on any atom is -0.489 e. The number of amides is 2. The van der Waals surface area contributed by atoms with Gasteiger partial charge in [0, 0.05) is 50.6 Å². The summed E-state index contributed by atoms with van der Waals surface area (Å²) in [4.78, 5) is 37.4. The van der Waals surface area contributed by atoms with Gasteiger partial charge in [-0.15, -0.1) is 11.3 Å². The zero-order chi connectivity index (χ0) is 27.7. The quantitative estimate of drug-likeness (QED) is 0.481. The molecule has 2 aromatic heterocycles. The Labute approximate surface area is 232 Å². The van der Waals surface area contributed by atoms with Crippen molar-refractivity contribution in [1.29, 1.82) is 0 Å². The standard InChI is InChI=1S/C28H35N5O5S/c1-17(19-14-24(34)29-15-19)37-23-13-18(12-21-25(23)39-16-30-21)20-6-7-22(26(31-20)36-5)32-8-10-33(11-9-32)27(35)38-28(2,3)4/h6-7,12-13,16-17,19H,8-11,14-15H2,1-5H3,(H,29,34)/t17-,19-/m1/s1. The fourth-order valence-electron chi connectivity index (χ4n) is 4.87. The van der Waals surface area contributed by atoms with Crippen molar-refractivity contribution in [3.8, 4) is 22.9 Å². The number of rotatable bonds is 6. The molecule has 208 valence electrons. The predicted molar refractivity (Wildman–Crippen MR) is 151 cm³/mol. The van der Waals surface area contributed by atoms with E-state index in [1.807, 2.05) is 52.0 Å². The van der Waals surface area contributed by atoms with E-state index in [4.69, 9.17) is 19.2 Å². The molecule has 0 saturated carbocycles. The van der Waals surface area contributed by atoms with Crippen LogP contribution in [0, 0.1) is 5.92 Å². The number of methoxy groups -OCH3 is 1. The first kappa shape index (κ1) is 27.0. The number of pyridine rings is 1. The first-order valence-electron chi connectivity index (χ1n) is 13.2. The maximum atomic E-state index is 12.5. The summed E-state index contributed by atoms with van der Waals surface area (Å²) in [5, 5.41) is 2.89. The summed E-state index contributed by atoms with van der Waals surface area (Å²) in [5.41, 5.74) is 4.62. The molecule has 2 aliphatic rings. The lowest BCUT2D eigenvalue weighted by molar-refractivity contribution is -0.119. The Morgan fingerprint density at radius 2 is 1.95 bits per heavy atom. The van der Waals surface area contributed by atoms with Gasteiger partial charge in [0.15, 0.2) is 0 Å². The van der Waals surface area contributed by atoms with Gasteiger partial charge in [0.2, 0.25) is 11.8 Å². The van der Waals surface area contributed by atoms with E-state index in [2.05, 4.69) is 15.2 Å². The smallest absolute Gasteiger partial charge is 0.410 e. The number of benzene rings is 1. The van der Waals surface area contributed by atoms with Crippen LogP contribution < -0.4 is 19.7 Å². The molecule has 0 unspecified atom stereocenters. The highest BCUT2D eigenvalue weighted by Crippen LogP contribution is 2.37. The number of piperazine rings is 1. The Balaban J connectivity index is 1.34. The maximum Gasteiger partial charge on any atom is 0.410 e. The molecule has 2 amide bonds. The molecule has 11 heteroatoms. The van der Waals surface area contributed by atoms with Gasteiger partial charge < -0.3 is 29.3 Å². The van der Waals surface area contributed by atoms with Crippen LogP contribution >= 0.6 is 11.3 Å². The van der Waals surface area contributed by atoms with Crippen LogP contribution in [0.5, 0.6) is 11.6 Å². The molecular formula is C28H35N5O5S. The molecule has 1 aromatic carbocycles. The highest BCUT2D eigenvalue weighted by Gasteiger charge is 2.29. The van der Waals surface area contributed by atoms with Crippen molar-refractivity contribution in [3.05, 3.63) is 29.8 Å². The van der Waals surface area contributed by atoms with Crippen molar-refractivity contribution in [1.82, 2.24) is 20.2 Å². The zero-order valence-corrected chi connectivity index (χ0v) is 23.8. The normalized spacial score (nSPS) is 18.7. The summed E-state index contributed by atoms with van der Waals surface area (Å²) in [6, 6.07) is 7.97. The second-order valence-electron chi connectivity index (χ2n) is 10.9. The van der Waals surface area contributed by atoms with E-state index in [0.29, 0.717) is 45.0 Å². The van der Waals surface area contributed by atoms with E-state index in [9.17, 15) is 9.59 Å². The number of anilines is 1. The van der Waals surface area contributed by atoms with Gasteiger partial charge in [0.1, 0.15) is 23.1 Å². The van der Waals surface area contributed by atoms with Gasteiger partial charge in [0.25, 0.3) is 0 Å². The summed E-state index contributed by atoms with van der Waals surface area (Å²) in [7, 11) is 1.61. The summed E-state index contributed by atoms with van der Waals surface area (Å²) < 4.78 is 18.6. The molecule has 2 atom stereocenters. The van der Waals surface area contributed by atoms with Crippen LogP contribution in [-0.2, 0) is 9.53 Å². The van der Waals surface area contributed by atoms with E-state index >= 15 is 0 Å². The number of nitrogens with zero attached hydrogens (tertiary/aromatic N) is 4. The van der Waals surface area contributed by atoms with Crippen molar-refractivity contribution in [3.63, 3.8) is 0 Å². The number of hydrogen-bond donors (Lipinski definition) is 1. The molecule has 0 bridgehead atoms. The van der Waals surface area contributed by atoms with Gasteiger partial charge in [0.05, 0.1) is 28.5 Å². The van der Waals surface area contributed by atoms with Gasteiger partial charge in [-0.2, -0.15) is 0 Å². The van der Waals surface area contributed by atoms with E-state index in [1.54, 1.807) is 17.5 Å². The topological polar surface area (TPSA) is 106 Å². The molecule has 39 heavy (non-hydrogen) atoms. The van der Waals surface area contributed by atoms with Crippen LogP contribution in [0.3, 0.4) is 0 Å². The van der Waals surface area contributed by atoms with Gasteiger partial charge in [-0.1, -0.05) is 0 Å². The third kappa shape index (κ3) is 6.03. The fourth-order valence-corrected chi connectivity index (χ4v) is 5.60. The van der Waals surface area contributed by atoms with Crippen molar-refractivity contribution in [2.75, 3.05) is 44.7 Å². The van der Waals surface area contributed by atoms with Crippen LogP contribution in [0.1, 0.15) is 34.1 Å². The Kier molecular flexibility index (Phi) is 7.53. The Hall–Kier alpha value is -3.60. The second-order valence-corrected chi connectivity index (χ2v) is 11.8. The van der Waals surface area contributed by atoms with Crippen LogP contribution in [0.15, 0.2) is 29.8 Å². The third-order valence-electron chi connectivity index (χ3n) is 6.98. The number of ether oxygens (including phenoxy) is 3. The van der Waals surface area contributed by atoms with Crippen LogP contribution in [0.4, 0.5) is 10.5 Å². The van der Waals surface area contributed by atoms with Crippen molar-refractivity contribution >= 4 is 39.2 Å². The van der Waals surface area contributed by atoms with E-state index in [0.717, 1.165) is 32.9 Å². The second kappa shape index (κ2) is 10.9. The highest BCUT2D eigenvalue weighted by atomic mass is 32.1. The fraction of sp³-hybridized carbons (Fsp3) is 0.500. The van der Waals surface area contributed by atoms with E-state index in [-0.39, 0.29) is 24.0 Å². The third-order valence-corrected chi connectivity index (χ3v) is 7.84. The molecule has 4 heterocycles. The number of carbonyl (C=O) groups excluding carboxylic acids is 2. The molecule has 3 aromatic rings. The Morgan fingerprint density at radius 1 is 1.18 bits per heavy atom. The van der Waals surface area contributed by atoms with Gasteiger partial charge >= 0.3 is 6.09 Å². The van der Waals surface area contributed by atoms with Gasteiger partial charge in [-0.25, -0.2) is 14.8 Å². The maximum absolute atomic E-state index is 12.5. The molecule has 0 spiro atoms. The number of nitrogens with one attached hydrogen (secondary N) is 1. The molecule has 10 nitrogen and oxygen atoms in total. The average Bonchev–Trinajstić information content (AvgIpc) is 3.56. The predicted octanol–water partition coefficient (Wildman–Crippen LogP) is 4.33. The zero-order valence-electron chi connectivity index (χ0n) is 23.0. The summed E-state index contributed by atoms with van der Waals surface area (Å²) in [6.45, 7) is 10.7. The van der Waals surface area contributed by atoms with Crippen LogP contribution in [-0.4, -0.2) is 78.4 Å². The first-order valence-corrected chi connectivity index (χ1v) is 14.1. The Bertz CT molecular complexity index is 1360. The van der Waals surface area contributed by atoms with E-state index < -0.39 is 5.60 Å². The van der Waals surface area contributed by atoms with Crippen LogP contribution in [0.25, 0.3) is 21.5 Å². The molecule has 2 fully saturated rings. The number of thiazole rings is 1. The lowest BCUT2D eigenvalue weighted by Gasteiger charge is -2.37. The number of carbonyl (C=O) groups is 2. The summed E-state index contributed by atoms with van der Waals surface area (Å²) in [6.07, 6.45) is 0.0516. The molecule has 1 N–H and O–H groups in total. The molecule has 5 rings (SSSR count). The summed E-state index contributed by atoms with van der Waals surface area (Å²) in [5.74, 6) is 1.44. The SMILES string of the molecule is COc1nc(-c2cc(O[C@H](C)[C@H]3CNC(=O)C3)c3scnc3c2)ccc1N1CCN(C(=O)OC(C)(C)C)CC1. The minimum atomic E-state index is -0.519. The van der Waals surface area contributed by atoms with Crippen molar-refractivity contribution < 1.29 is 23.8 Å². The van der Waals surface area contributed by atoms with Crippen LogP contribution in [0.2, 0.25) is 0 Å². The number of aromatic nitrogens is 2. The van der Waals surface area contributed by atoms with E-state index in [1.165, 1.54) is 11.3 Å². The highest BCUT2D eigenvalue weighted by molar-refractivity contribution is 7.17. The lowest BCUT2D eigenvalue weighted by atomic mass is 10.0. The number of hydrogen-bond acceptors (Lipinski definition) is 9.